The summed E-state index contributed by atoms with van der Waals surface area (Å²) >= 11 is 0. The number of ether oxygens (including phenoxy) is 2. The zero-order valence-corrected chi connectivity index (χ0v) is 17.3. The van der Waals surface area contributed by atoms with Crippen molar-refractivity contribution in [3.05, 3.63) is 35.9 Å². The largest absolute Gasteiger partial charge is 0.466 e. The third-order valence-electron chi connectivity index (χ3n) is 4.92. The summed E-state index contributed by atoms with van der Waals surface area (Å²) in [6.07, 6.45) is 4.81. The molecule has 0 amide bonds. The molecule has 0 radical (unpaired) electrons. The highest BCUT2D eigenvalue weighted by Crippen LogP contribution is 2.17. The first kappa shape index (κ1) is 22.4. The molecular weight excluding hydrogens is 356 g/mol. The van der Waals surface area contributed by atoms with E-state index in [1.165, 1.54) is 0 Å². The molecule has 156 valence electrons. The number of rotatable bonds is 12. The molecule has 0 saturated carbocycles. The Morgan fingerprint density at radius 1 is 1.21 bits per heavy atom. The van der Waals surface area contributed by atoms with E-state index < -0.39 is 0 Å². The van der Waals surface area contributed by atoms with Gasteiger partial charge in [-0.2, -0.15) is 0 Å². The van der Waals surface area contributed by atoms with Crippen molar-refractivity contribution in [2.75, 3.05) is 46.6 Å². The van der Waals surface area contributed by atoms with Crippen LogP contribution in [0.15, 0.2) is 35.5 Å². The van der Waals surface area contributed by atoms with Crippen molar-refractivity contribution in [3.8, 4) is 0 Å². The Kier molecular flexibility index (Phi) is 10.6. The second-order valence-electron chi connectivity index (χ2n) is 7.08. The highest BCUT2D eigenvalue weighted by molar-refractivity contribution is 6.00. The van der Waals surface area contributed by atoms with Gasteiger partial charge in [-0.05, 0) is 51.1 Å². The summed E-state index contributed by atoms with van der Waals surface area (Å²) in [7, 11) is 1.72. The minimum absolute atomic E-state index is 0.0159. The van der Waals surface area contributed by atoms with E-state index in [9.17, 15) is 4.79 Å². The van der Waals surface area contributed by atoms with Gasteiger partial charge in [0.1, 0.15) is 6.61 Å². The number of hydrogen-bond donors (Lipinski definition) is 0. The van der Waals surface area contributed by atoms with Crippen LogP contribution in [0.2, 0.25) is 0 Å². The molecule has 28 heavy (non-hydrogen) atoms. The molecule has 6 nitrogen and oxygen atoms in total. The van der Waals surface area contributed by atoms with Gasteiger partial charge in [-0.3, -0.25) is 9.69 Å². The second kappa shape index (κ2) is 13.3. The number of nitrogens with zero attached hydrogens (tertiary/aromatic N) is 2. The van der Waals surface area contributed by atoms with E-state index in [0.29, 0.717) is 13.2 Å². The van der Waals surface area contributed by atoms with Crippen LogP contribution in [0.3, 0.4) is 0 Å². The SMILES string of the molecule is CCOC(=O)[C@@H]1CCCN(CCON=C(CCCCOC)c2ccccc2)C1. The fourth-order valence-corrected chi connectivity index (χ4v) is 3.42. The summed E-state index contributed by atoms with van der Waals surface area (Å²) in [6.45, 7) is 6.08. The fourth-order valence-electron chi connectivity index (χ4n) is 3.42. The van der Waals surface area contributed by atoms with Crippen molar-refractivity contribution >= 4 is 11.7 Å². The van der Waals surface area contributed by atoms with Crippen LogP contribution in [0, 0.1) is 5.92 Å². The van der Waals surface area contributed by atoms with Crippen molar-refractivity contribution in [1.29, 1.82) is 0 Å². The summed E-state index contributed by atoms with van der Waals surface area (Å²) in [5, 5.41) is 4.42. The zero-order chi connectivity index (χ0) is 20.0. The lowest BCUT2D eigenvalue weighted by atomic mass is 9.98. The average molecular weight is 391 g/mol. The van der Waals surface area contributed by atoms with Crippen molar-refractivity contribution in [2.45, 2.75) is 39.0 Å². The maximum Gasteiger partial charge on any atom is 0.310 e. The number of unbranched alkanes of at least 4 members (excludes halogenated alkanes) is 1. The first-order valence-electron chi connectivity index (χ1n) is 10.4. The van der Waals surface area contributed by atoms with Crippen LogP contribution in [0.25, 0.3) is 0 Å². The van der Waals surface area contributed by atoms with Crippen LogP contribution in [0.5, 0.6) is 0 Å². The van der Waals surface area contributed by atoms with Crippen molar-refractivity contribution in [3.63, 3.8) is 0 Å². The van der Waals surface area contributed by atoms with E-state index >= 15 is 0 Å². The molecule has 0 spiro atoms. The van der Waals surface area contributed by atoms with E-state index in [1.54, 1.807) is 7.11 Å². The molecule has 0 N–H and O–H groups in total. The standard InChI is InChI=1S/C22H34N2O4/c1-3-27-22(25)20-12-9-14-24(18-20)15-17-28-23-21(13-7-8-16-26-2)19-10-5-4-6-11-19/h4-6,10-11,20H,3,7-9,12-18H2,1-2H3/t20-/m1/s1. The first-order valence-corrected chi connectivity index (χ1v) is 10.4. The summed E-state index contributed by atoms with van der Waals surface area (Å²) in [5.41, 5.74) is 2.07. The maximum atomic E-state index is 12.0. The molecule has 1 aromatic carbocycles. The number of carbonyl (C=O) groups excluding carboxylic acids is 1. The van der Waals surface area contributed by atoms with E-state index in [4.69, 9.17) is 14.3 Å². The van der Waals surface area contributed by atoms with Gasteiger partial charge in [-0.15, -0.1) is 0 Å². The Bertz CT molecular complexity index is 591. The normalized spacial score (nSPS) is 18.1. The lowest BCUT2D eigenvalue weighted by Crippen LogP contribution is -2.40. The van der Waals surface area contributed by atoms with E-state index in [-0.39, 0.29) is 11.9 Å². The predicted molar refractivity (Wildman–Crippen MR) is 110 cm³/mol. The molecule has 0 aliphatic carbocycles. The maximum absolute atomic E-state index is 12.0. The zero-order valence-electron chi connectivity index (χ0n) is 17.3. The van der Waals surface area contributed by atoms with Crippen LogP contribution < -0.4 is 0 Å². The molecule has 0 bridgehead atoms. The van der Waals surface area contributed by atoms with Crippen LogP contribution in [0.1, 0.15) is 44.6 Å². The molecule has 1 atom stereocenters. The van der Waals surface area contributed by atoms with Crippen molar-refractivity contribution in [1.82, 2.24) is 4.90 Å². The van der Waals surface area contributed by atoms with Gasteiger partial charge < -0.3 is 14.3 Å². The average Bonchev–Trinajstić information content (AvgIpc) is 2.73. The Balaban J connectivity index is 1.81. The Hall–Kier alpha value is -1.92. The van der Waals surface area contributed by atoms with Gasteiger partial charge in [-0.1, -0.05) is 35.5 Å². The van der Waals surface area contributed by atoms with Crippen LogP contribution >= 0.6 is 0 Å². The summed E-state index contributed by atoms with van der Waals surface area (Å²) in [6, 6.07) is 10.2. The van der Waals surface area contributed by atoms with Crippen LogP contribution in [0.4, 0.5) is 0 Å². The number of hydrogen-bond acceptors (Lipinski definition) is 6. The van der Waals surface area contributed by atoms with Gasteiger partial charge in [0.2, 0.25) is 0 Å². The number of oxime groups is 1. The van der Waals surface area contributed by atoms with Gasteiger partial charge >= 0.3 is 5.97 Å². The van der Waals surface area contributed by atoms with Crippen LogP contribution in [-0.2, 0) is 19.1 Å². The van der Waals surface area contributed by atoms with Crippen molar-refractivity contribution < 1.29 is 19.1 Å². The lowest BCUT2D eigenvalue weighted by molar-refractivity contribution is -0.150. The van der Waals surface area contributed by atoms with E-state index in [0.717, 1.165) is 69.6 Å². The minimum atomic E-state index is -0.0754. The van der Waals surface area contributed by atoms with Gasteiger partial charge in [-0.25, -0.2) is 0 Å². The van der Waals surface area contributed by atoms with Crippen molar-refractivity contribution in [2.24, 2.45) is 11.1 Å². The number of piperidine rings is 1. The number of esters is 1. The monoisotopic (exact) mass is 390 g/mol. The van der Waals surface area contributed by atoms with Gasteiger partial charge in [0, 0.05) is 26.8 Å². The molecule has 1 saturated heterocycles. The molecule has 6 heteroatoms. The number of likely N-dealkylation sites (tertiary alicyclic amines) is 1. The third kappa shape index (κ3) is 7.98. The van der Waals surface area contributed by atoms with Gasteiger partial charge in [0.05, 0.1) is 18.2 Å². The third-order valence-corrected chi connectivity index (χ3v) is 4.92. The number of carbonyl (C=O) groups is 1. The molecule has 1 aliphatic rings. The highest BCUT2D eigenvalue weighted by Gasteiger charge is 2.26. The highest BCUT2D eigenvalue weighted by atomic mass is 16.6. The second-order valence-corrected chi connectivity index (χ2v) is 7.08. The summed E-state index contributed by atoms with van der Waals surface area (Å²) < 4.78 is 10.3. The molecule has 0 aromatic heterocycles. The Labute approximate surface area is 168 Å². The molecule has 1 aliphatic heterocycles. The lowest BCUT2D eigenvalue weighted by Gasteiger charge is -2.30. The van der Waals surface area contributed by atoms with Gasteiger partial charge in [0.15, 0.2) is 0 Å². The molecule has 1 fully saturated rings. The molecule has 1 heterocycles. The number of methoxy groups -OCH3 is 1. The fraction of sp³-hybridized carbons (Fsp3) is 0.636. The quantitative estimate of drug-likeness (QED) is 0.237. The smallest absolute Gasteiger partial charge is 0.310 e. The van der Waals surface area contributed by atoms with Crippen LogP contribution in [-0.4, -0.2) is 63.1 Å². The molecule has 1 aromatic rings. The molecular formula is C22H34N2O4. The topological polar surface area (TPSA) is 60.4 Å². The molecule has 0 unspecified atom stereocenters. The number of benzene rings is 1. The van der Waals surface area contributed by atoms with E-state index in [1.807, 2.05) is 25.1 Å². The van der Waals surface area contributed by atoms with Gasteiger partial charge in [0.25, 0.3) is 0 Å². The molecule has 2 rings (SSSR count). The summed E-state index contributed by atoms with van der Waals surface area (Å²) in [4.78, 5) is 19.9. The summed E-state index contributed by atoms with van der Waals surface area (Å²) in [5.74, 6) is -0.0913. The first-order chi connectivity index (χ1) is 13.7. The Morgan fingerprint density at radius 2 is 2.04 bits per heavy atom. The predicted octanol–water partition coefficient (Wildman–Crippen LogP) is 3.50. The van der Waals surface area contributed by atoms with E-state index in [2.05, 4.69) is 22.2 Å². The Morgan fingerprint density at radius 3 is 2.79 bits per heavy atom. The minimum Gasteiger partial charge on any atom is -0.466 e.